The van der Waals surface area contributed by atoms with E-state index in [1.807, 2.05) is 42.5 Å². The summed E-state index contributed by atoms with van der Waals surface area (Å²) in [7, 11) is 0. The van der Waals surface area contributed by atoms with Crippen LogP contribution in [0.5, 0.6) is 0 Å². The fourth-order valence-electron chi connectivity index (χ4n) is 4.69. The number of aromatic nitrogens is 4. The van der Waals surface area contributed by atoms with E-state index in [1.54, 1.807) is 42.7 Å². The third-order valence-electron chi connectivity index (χ3n) is 7.33. The van der Waals surface area contributed by atoms with Crippen LogP contribution in [0.3, 0.4) is 0 Å². The average Bonchev–Trinajstić information content (AvgIpc) is 3.55. The van der Waals surface area contributed by atoms with Gasteiger partial charge in [-0.1, -0.05) is 86.1 Å². The van der Waals surface area contributed by atoms with Crippen molar-refractivity contribution >= 4 is 29.4 Å². The van der Waals surface area contributed by atoms with Gasteiger partial charge in [-0.05, 0) is 40.8 Å². The van der Waals surface area contributed by atoms with Gasteiger partial charge in [-0.2, -0.15) is 4.98 Å². The number of halogens is 1. The molecular weight excluding hydrogens is 620 g/mol. The highest BCUT2D eigenvalue weighted by atomic mass is 35.5. The van der Waals surface area contributed by atoms with Crippen molar-refractivity contribution in [1.29, 1.82) is 0 Å². The van der Waals surface area contributed by atoms with Crippen molar-refractivity contribution in [1.82, 2.24) is 30.7 Å². The van der Waals surface area contributed by atoms with Crippen LogP contribution in [0.4, 0.5) is 0 Å². The lowest BCUT2D eigenvalue weighted by Gasteiger charge is -2.20. The summed E-state index contributed by atoms with van der Waals surface area (Å²) in [5.41, 5.74) is 4.19. The SMILES string of the molecule is CC(C)(C)c1ccc(C(=O)N[C@@H](Cc2ccc(-c3ncc(-c4nc(-c5cccc(Cl)c5)no4)cn3)cc2)C(=O)NCCC(=O)O)cc1. The second-order valence-electron chi connectivity index (χ2n) is 11.9. The van der Waals surface area contributed by atoms with Crippen LogP contribution in [-0.4, -0.2) is 55.6 Å². The van der Waals surface area contributed by atoms with Gasteiger partial charge in [0.1, 0.15) is 6.04 Å². The monoisotopic (exact) mass is 652 g/mol. The first-order chi connectivity index (χ1) is 22.5. The van der Waals surface area contributed by atoms with Crippen LogP contribution in [0, 0.1) is 0 Å². The Hall–Kier alpha value is -5.42. The number of carboxylic acids is 1. The molecule has 3 aromatic carbocycles. The summed E-state index contributed by atoms with van der Waals surface area (Å²) in [5, 5.41) is 19.0. The Morgan fingerprint density at radius 1 is 0.894 bits per heavy atom. The number of hydrogen-bond acceptors (Lipinski definition) is 8. The van der Waals surface area contributed by atoms with E-state index in [0.29, 0.717) is 27.8 Å². The van der Waals surface area contributed by atoms with Crippen LogP contribution in [-0.2, 0) is 21.4 Å². The van der Waals surface area contributed by atoms with Crippen LogP contribution in [0.2, 0.25) is 5.02 Å². The topological polar surface area (TPSA) is 160 Å². The van der Waals surface area contributed by atoms with Gasteiger partial charge in [-0.3, -0.25) is 14.4 Å². The molecule has 0 saturated carbocycles. The van der Waals surface area contributed by atoms with E-state index < -0.39 is 23.8 Å². The highest BCUT2D eigenvalue weighted by molar-refractivity contribution is 6.30. The second-order valence-corrected chi connectivity index (χ2v) is 12.4. The number of nitrogens with one attached hydrogen (secondary N) is 2. The van der Waals surface area contributed by atoms with Gasteiger partial charge in [0.15, 0.2) is 5.82 Å². The molecule has 0 unspecified atom stereocenters. The largest absolute Gasteiger partial charge is 0.481 e. The van der Waals surface area contributed by atoms with Gasteiger partial charge >= 0.3 is 5.97 Å². The molecule has 2 amide bonds. The summed E-state index contributed by atoms with van der Waals surface area (Å²) >= 11 is 6.07. The van der Waals surface area contributed by atoms with Crippen LogP contribution < -0.4 is 10.6 Å². The molecule has 0 aliphatic carbocycles. The van der Waals surface area contributed by atoms with E-state index in [1.165, 1.54) is 0 Å². The maximum Gasteiger partial charge on any atom is 0.305 e. The quantitative estimate of drug-likeness (QED) is 0.162. The molecule has 0 fully saturated rings. The number of hydrogen-bond donors (Lipinski definition) is 3. The molecule has 1 atom stereocenters. The smallest absolute Gasteiger partial charge is 0.305 e. The highest BCUT2D eigenvalue weighted by Gasteiger charge is 2.23. The molecule has 0 bridgehead atoms. The molecule has 5 aromatic rings. The molecule has 0 spiro atoms. The number of aliphatic carboxylic acids is 1. The van der Waals surface area contributed by atoms with Crippen LogP contribution in [0.25, 0.3) is 34.2 Å². The van der Waals surface area contributed by atoms with Crippen LogP contribution >= 0.6 is 11.6 Å². The Morgan fingerprint density at radius 2 is 1.60 bits per heavy atom. The van der Waals surface area contributed by atoms with Gasteiger partial charge in [0.05, 0.1) is 12.0 Å². The Morgan fingerprint density at radius 3 is 2.23 bits per heavy atom. The highest BCUT2D eigenvalue weighted by Crippen LogP contribution is 2.25. The number of benzene rings is 3. The van der Waals surface area contributed by atoms with Gasteiger partial charge in [-0.15, -0.1) is 0 Å². The zero-order valence-electron chi connectivity index (χ0n) is 26.0. The van der Waals surface area contributed by atoms with Crippen LogP contribution in [0.15, 0.2) is 89.7 Å². The molecule has 2 heterocycles. The van der Waals surface area contributed by atoms with Crippen molar-refractivity contribution < 1.29 is 24.0 Å². The minimum atomic E-state index is -1.03. The molecular formula is C35H33ClN6O5. The van der Waals surface area contributed by atoms with Gasteiger partial charge in [0, 0.05) is 47.1 Å². The molecule has 11 nitrogen and oxygen atoms in total. The normalized spacial score (nSPS) is 11.9. The van der Waals surface area contributed by atoms with Gasteiger partial charge < -0.3 is 20.3 Å². The van der Waals surface area contributed by atoms with E-state index in [0.717, 1.165) is 22.3 Å². The van der Waals surface area contributed by atoms with Crippen LogP contribution in [0.1, 0.15) is 48.7 Å². The van der Waals surface area contributed by atoms with Crippen molar-refractivity contribution in [3.05, 3.63) is 107 Å². The molecule has 240 valence electrons. The number of nitrogens with zero attached hydrogens (tertiary/aromatic N) is 4. The summed E-state index contributed by atoms with van der Waals surface area (Å²) in [4.78, 5) is 50.5. The molecule has 0 radical (unpaired) electrons. The second kappa shape index (κ2) is 14.3. The Bertz CT molecular complexity index is 1870. The number of carbonyl (C=O) groups is 3. The van der Waals surface area contributed by atoms with Crippen molar-refractivity contribution in [2.24, 2.45) is 0 Å². The van der Waals surface area contributed by atoms with Gasteiger partial charge in [-0.25, -0.2) is 9.97 Å². The molecule has 2 aromatic heterocycles. The summed E-state index contributed by atoms with van der Waals surface area (Å²) in [5.74, 6) is -0.796. The summed E-state index contributed by atoms with van der Waals surface area (Å²) in [6.07, 6.45) is 3.12. The molecule has 5 rings (SSSR count). The van der Waals surface area contributed by atoms with E-state index in [2.05, 4.69) is 51.5 Å². The Balaban J connectivity index is 1.27. The van der Waals surface area contributed by atoms with Gasteiger partial charge in [0.2, 0.25) is 11.7 Å². The zero-order valence-corrected chi connectivity index (χ0v) is 26.8. The van der Waals surface area contributed by atoms with Crippen molar-refractivity contribution in [3.8, 4) is 34.2 Å². The zero-order chi connectivity index (χ0) is 33.6. The minimum Gasteiger partial charge on any atom is -0.481 e. The van der Waals surface area contributed by atoms with Crippen molar-refractivity contribution in [3.63, 3.8) is 0 Å². The van der Waals surface area contributed by atoms with E-state index in [4.69, 9.17) is 21.2 Å². The summed E-state index contributed by atoms with van der Waals surface area (Å²) in [6.45, 7) is 6.20. The number of amides is 2. The molecule has 0 aliphatic heterocycles. The minimum absolute atomic E-state index is 0.0569. The lowest BCUT2D eigenvalue weighted by atomic mass is 9.86. The van der Waals surface area contributed by atoms with E-state index >= 15 is 0 Å². The van der Waals surface area contributed by atoms with Crippen molar-refractivity contribution in [2.45, 2.75) is 45.1 Å². The Kier molecular flexibility index (Phi) is 10.1. The fraction of sp³-hybridized carbons (Fsp3) is 0.229. The molecule has 3 N–H and O–H groups in total. The average molecular weight is 653 g/mol. The number of carboxylic acid groups (broad SMARTS) is 1. The third-order valence-corrected chi connectivity index (χ3v) is 7.57. The maximum atomic E-state index is 13.1. The maximum absolute atomic E-state index is 13.1. The molecule has 0 saturated heterocycles. The first-order valence-corrected chi connectivity index (χ1v) is 15.3. The molecule has 0 aliphatic rings. The first kappa shape index (κ1) is 33.0. The molecule has 12 heteroatoms. The van der Waals surface area contributed by atoms with Crippen molar-refractivity contribution in [2.75, 3.05) is 6.54 Å². The predicted molar refractivity (Wildman–Crippen MR) is 177 cm³/mol. The number of carbonyl (C=O) groups excluding carboxylic acids is 2. The van der Waals surface area contributed by atoms with Gasteiger partial charge in [0.25, 0.3) is 11.8 Å². The standard InChI is InChI=1S/C35H33ClN6O5/c1-35(2,3)26-13-11-23(12-14-26)32(45)40-28(33(46)37-16-15-29(43)44)17-21-7-9-22(10-8-21)30-38-19-25(20-39-30)34-41-31(42-47-34)24-5-4-6-27(36)18-24/h4-14,18-20,28H,15-17H2,1-3H3,(H,37,46)(H,40,45)(H,43,44)/t28-/m0/s1. The fourth-order valence-corrected chi connectivity index (χ4v) is 4.88. The summed E-state index contributed by atoms with van der Waals surface area (Å²) < 4.78 is 5.40. The lowest BCUT2D eigenvalue weighted by molar-refractivity contribution is -0.137. The summed E-state index contributed by atoms with van der Waals surface area (Å²) in [6, 6.07) is 20.7. The lowest BCUT2D eigenvalue weighted by Crippen LogP contribution is -2.48. The van der Waals surface area contributed by atoms with E-state index in [9.17, 15) is 14.4 Å². The predicted octanol–water partition coefficient (Wildman–Crippen LogP) is 5.74. The number of rotatable bonds is 11. The third kappa shape index (κ3) is 8.65. The molecule has 47 heavy (non-hydrogen) atoms. The van der Waals surface area contributed by atoms with E-state index in [-0.39, 0.29) is 30.7 Å². The first-order valence-electron chi connectivity index (χ1n) is 14.9. The Labute approximate surface area is 276 Å².